The number of hydrogen-bond donors (Lipinski definition) is 2. The summed E-state index contributed by atoms with van der Waals surface area (Å²) in [5.41, 5.74) is 0.922. The first-order chi connectivity index (χ1) is 15.7. The summed E-state index contributed by atoms with van der Waals surface area (Å²) in [6.07, 6.45) is 3.77. The number of hydrogen-bond acceptors (Lipinski definition) is 6. The third kappa shape index (κ3) is 4.40. The highest BCUT2D eigenvalue weighted by atomic mass is 32.1. The number of aromatic nitrogens is 1. The van der Waals surface area contributed by atoms with Gasteiger partial charge in [-0.3, -0.25) is 14.9 Å². The van der Waals surface area contributed by atoms with Crippen LogP contribution >= 0.6 is 22.7 Å². The summed E-state index contributed by atoms with van der Waals surface area (Å²) in [7, 11) is 1.79. The minimum absolute atomic E-state index is 0.0201. The standard InChI is InChI=1S/C25H33N3O3S2/c1-6-11-28(5)23(31)14(2)16-9-10-25(4)13-18-20(15(3)19(25)21(16)29)26-24(33-18)27-22(30)17-8-7-12-32-17/h6-8,12,14-16,19,21,29H,1,9-11,13H2,2-5H3,(H,26,27,30). The molecule has 2 aliphatic carbocycles. The molecule has 0 saturated heterocycles. The molecule has 6 nitrogen and oxygen atoms in total. The highest BCUT2D eigenvalue weighted by Gasteiger charge is 2.54. The molecule has 6 atom stereocenters. The molecule has 2 N–H and O–H groups in total. The van der Waals surface area contributed by atoms with Gasteiger partial charge in [-0.25, -0.2) is 4.98 Å². The van der Waals surface area contributed by atoms with Crippen molar-refractivity contribution in [3.8, 4) is 0 Å². The van der Waals surface area contributed by atoms with Crippen molar-refractivity contribution in [2.45, 2.75) is 52.1 Å². The number of likely N-dealkylation sites (N-methyl/N-ethyl adjacent to an activating group) is 1. The number of aliphatic hydroxyl groups is 1. The molecule has 0 aromatic carbocycles. The molecule has 2 aromatic heterocycles. The molecule has 2 aliphatic rings. The average Bonchev–Trinajstić information content (AvgIpc) is 3.43. The zero-order valence-corrected chi connectivity index (χ0v) is 21.3. The van der Waals surface area contributed by atoms with Crippen molar-refractivity contribution in [1.29, 1.82) is 0 Å². The summed E-state index contributed by atoms with van der Waals surface area (Å²) in [6.45, 7) is 10.6. The molecular formula is C25H33N3O3S2. The van der Waals surface area contributed by atoms with E-state index in [2.05, 4.69) is 25.7 Å². The number of thiophene rings is 1. The maximum Gasteiger partial charge on any atom is 0.267 e. The van der Waals surface area contributed by atoms with Gasteiger partial charge in [0.1, 0.15) is 0 Å². The van der Waals surface area contributed by atoms with Gasteiger partial charge in [-0.05, 0) is 48.0 Å². The van der Waals surface area contributed by atoms with Gasteiger partial charge in [0, 0.05) is 30.3 Å². The van der Waals surface area contributed by atoms with Crippen LogP contribution in [0.25, 0.3) is 0 Å². The molecule has 2 heterocycles. The molecular weight excluding hydrogens is 454 g/mol. The van der Waals surface area contributed by atoms with Crippen molar-refractivity contribution in [2.75, 3.05) is 18.9 Å². The van der Waals surface area contributed by atoms with Gasteiger partial charge in [0.15, 0.2) is 5.13 Å². The van der Waals surface area contributed by atoms with Crippen molar-refractivity contribution in [2.24, 2.45) is 23.2 Å². The second kappa shape index (κ2) is 9.31. The largest absolute Gasteiger partial charge is 0.392 e. The molecule has 2 aromatic rings. The van der Waals surface area contributed by atoms with Crippen LogP contribution in [0.3, 0.4) is 0 Å². The van der Waals surface area contributed by atoms with Gasteiger partial charge in [0.2, 0.25) is 5.91 Å². The topological polar surface area (TPSA) is 82.5 Å². The Balaban J connectivity index is 1.55. The van der Waals surface area contributed by atoms with Crippen LogP contribution in [-0.4, -0.2) is 46.5 Å². The summed E-state index contributed by atoms with van der Waals surface area (Å²) >= 11 is 2.96. The number of aliphatic hydroxyl groups excluding tert-OH is 1. The van der Waals surface area contributed by atoms with E-state index in [1.54, 1.807) is 35.4 Å². The molecule has 4 rings (SSSR count). The highest BCUT2D eigenvalue weighted by molar-refractivity contribution is 7.16. The van der Waals surface area contributed by atoms with Gasteiger partial charge in [0.25, 0.3) is 5.91 Å². The lowest BCUT2D eigenvalue weighted by atomic mass is 9.53. The van der Waals surface area contributed by atoms with Crippen LogP contribution in [0.4, 0.5) is 5.13 Å². The Labute approximate surface area is 203 Å². The van der Waals surface area contributed by atoms with Crippen molar-refractivity contribution in [3.63, 3.8) is 0 Å². The predicted molar refractivity (Wildman–Crippen MR) is 134 cm³/mol. The van der Waals surface area contributed by atoms with E-state index in [1.807, 2.05) is 18.4 Å². The summed E-state index contributed by atoms with van der Waals surface area (Å²) < 4.78 is 0. The molecule has 6 unspecified atom stereocenters. The van der Waals surface area contributed by atoms with Gasteiger partial charge in [0.05, 0.1) is 16.7 Å². The number of rotatable bonds is 6. The normalized spacial score (nSPS) is 29.5. The lowest BCUT2D eigenvalue weighted by Gasteiger charge is -2.53. The molecule has 1 fully saturated rings. The van der Waals surface area contributed by atoms with Crippen LogP contribution in [0.1, 0.15) is 59.8 Å². The van der Waals surface area contributed by atoms with Crippen LogP contribution in [0.15, 0.2) is 30.2 Å². The monoisotopic (exact) mass is 487 g/mol. The van der Waals surface area contributed by atoms with Gasteiger partial charge >= 0.3 is 0 Å². The second-order valence-corrected chi connectivity index (χ2v) is 11.9. The number of fused-ring (bicyclic) bond motifs is 2. The van der Waals surface area contributed by atoms with Crippen molar-refractivity contribution >= 4 is 39.6 Å². The number of thiazole rings is 1. The van der Waals surface area contributed by atoms with Crippen LogP contribution in [-0.2, 0) is 11.2 Å². The zero-order valence-electron chi connectivity index (χ0n) is 19.7. The van der Waals surface area contributed by atoms with Crippen LogP contribution in [0.5, 0.6) is 0 Å². The fourth-order valence-electron chi connectivity index (χ4n) is 5.98. The first kappa shape index (κ1) is 24.1. The predicted octanol–water partition coefficient (Wildman–Crippen LogP) is 4.79. The Bertz CT molecular complexity index is 1030. The van der Waals surface area contributed by atoms with E-state index in [4.69, 9.17) is 4.98 Å². The number of nitrogens with zero attached hydrogens (tertiary/aromatic N) is 2. The first-order valence-electron chi connectivity index (χ1n) is 11.5. The second-order valence-electron chi connectivity index (χ2n) is 9.89. The third-order valence-electron chi connectivity index (χ3n) is 7.70. The van der Waals surface area contributed by atoms with Gasteiger partial charge in [-0.1, -0.05) is 32.9 Å². The van der Waals surface area contributed by atoms with E-state index in [0.29, 0.717) is 16.6 Å². The number of nitrogens with one attached hydrogen (secondary N) is 1. The molecule has 1 saturated carbocycles. The van der Waals surface area contributed by atoms with Crippen molar-refractivity contribution < 1.29 is 14.7 Å². The minimum Gasteiger partial charge on any atom is -0.392 e. The fraction of sp³-hybridized carbons (Fsp3) is 0.560. The summed E-state index contributed by atoms with van der Waals surface area (Å²) in [6, 6.07) is 3.66. The van der Waals surface area contributed by atoms with Crippen molar-refractivity contribution in [1.82, 2.24) is 9.88 Å². The Hall–Kier alpha value is -2.03. The molecule has 0 bridgehead atoms. The van der Waals surface area contributed by atoms with Gasteiger partial charge < -0.3 is 10.0 Å². The third-order valence-corrected chi connectivity index (χ3v) is 9.55. The Morgan fingerprint density at radius 1 is 1.48 bits per heavy atom. The number of anilines is 1. The molecule has 0 spiro atoms. The molecule has 178 valence electrons. The van der Waals surface area contributed by atoms with E-state index < -0.39 is 6.10 Å². The molecule has 33 heavy (non-hydrogen) atoms. The van der Waals surface area contributed by atoms with Crippen LogP contribution < -0.4 is 5.32 Å². The number of carbonyl (C=O) groups excluding carboxylic acids is 2. The summed E-state index contributed by atoms with van der Waals surface area (Å²) in [5.74, 6) is -0.342. The Morgan fingerprint density at radius 2 is 2.24 bits per heavy atom. The Morgan fingerprint density at radius 3 is 2.91 bits per heavy atom. The fourth-order valence-corrected chi connectivity index (χ4v) is 7.86. The SMILES string of the molecule is C=CCN(C)C(=O)C(C)C1CCC2(C)Cc3sc(NC(=O)c4cccs4)nc3C(C)C2C1O. The van der Waals surface area contributed by atoms with E-state index in [-0.39, 0.29) is 40.9 Å². The van der Waals surface area contributed by atoms with E-state index in [9.17, 15) is 14.7 Å². The molecule has 2 amide bonds. The quantitative estimate of drug-likeness (QED) is 0.574. The van der Waals surface area contributed by atoms with Gasteiger partial charge in [-0.2, -0.15) is 0 Å². The number of carbonyl (C=O) groups is 2. The summed E-state index contributed by atoms with van der Waals surface area (Å²) in [5, 5.41) is 17.0. The molecule has 0 radical (unpaired) electrons. The van der Waals surface area contributed by atoms with Crippen LogP contribution in [0.2, 0.25) is 0 Å². The average molecular weight is 488 g/mol. The van der Waals surface area contributed by atoms with Gasteiger partial charge in [-0.15, -0.1) is 29.3 Å². The molecule has 0 aliphatic heterocycles. The lowest BCUT2D eigenvalue weighted by molar-refractivity contribution is -0.143. The van der Waals surface area contributed by atoms with E-state index in [0.717, 1.165) is 25.0 Å². The Kier molecular flexibility index (Phi) is 6.80. The maximum absolute atomic E-state index is 12.9. The maximum atomic E-state index is 12.9. The zero-order chi connectivity index (χ0) is 23.9. The summed E-state index contributed by atoms with van der Waals surface area (Å²) in [4.78, 5) is 33.8. The number of amides is 2. The highest BCUT2D eigenvalue weighted by Crippen LogP contribution is 2.57. The minimum atomic E-state index is -0.575. The first-order valence-corrected chi connectivity index (χ1v) is 13.2. The lowest BCUT2D eigenvalue weighted by Crippen LogP contribution is -2.53. The molecule has 8 heteroatoms. The smallest absolute Gasteiger partial charge is 0.267 e. The van der Waals surface area contributed by atoms with Crippen molar-refractivity contribution in [3.05, 3.63) is 45.6 Å². The van der Waals surface area contributed by atoms with E-state index in [1.165, 1.54) is 16.2 Å². The van der Waals surface area contributed by atoms with Crippen LogP contribution in [0, 0.1) is 23.2 Å². The van der Waals surface area contributed by atoms with E-state index >= 15 is 0 Å².